The van der Waals surface area contributed by atoms with Gasteiger partial charge in [0.2, 0.25) is 0 Å². The molecule has 4 aromatic carbocycles. The number of rotatable bonds is 9. The summed E-state index contributed by atoms with van der Waals surface area (Å²) in [5.74, 6) is -5.76. The molecule has 0 fully saturated rings. The van der Waals surface area contributed by atoms with Crippen molar-refractivity contribution in [3.05, 3.63) is 142 Å². The summed E-state index contributed by atoms with van der Waals surface area (Å²) in [6.07, 6.45) is -0.0162. The van der Waals surface area contributed by atoms with Crippen LogP contribution in [0.15, 0.2) is 97.1 Å². The first kappa shape index (κ1) is 40.8. The van der Waals surface area contributed by atoms with Crippen LogP contribution in [0.1, 0.15) is 63.7 Å². The molecule has 0 atom stereocenters. The molecule has 0 aromatic heterocycles. The molecule has 42 heavy (non-hydrogen) atoms. The Kier molecular flexibility index (Phi) is 17.4. The van der Waals surface area contributed by atoms with Crippen molar-refractivity contribution < 1.29 is 158 Å². The van der Waals surface area contributed by atoms with E-state index in [0.717, 1.165) is 0 Å². The third-order valence-electron chi connectivity index (χ3n) is 6.41. The Morgan fingerprint density at radius 2 is 0.738 bits per heavy atom. The molecule has 12 heteroatoms. The predicted octanol–water partition coefficient (Wildman–Crippen LogP) is -12.3. The average molecular weight is 598 g/mol. The number of carbonyl (C=O) groups excluding carboxylic acids is 4. The molecule has 4 aromatic rings. The Balaban J connectivity index is 0.00000420. The van der Waals surface area contributed by atoms with Gasteiger partial charge in [-0.2, -0.15) is 0 Å². The number of aromatic carboxylic acids is 4. The minimum atomic E-state index is -1.45. The van der Waals surface area contributed by atoms with Gasteiger partial charge < -0.3 is 39.6 Å². The monoisotopic (exact) mass is 598 g/mol. The van der Waals surface area contributed by atoms with Crippen molar-refractivity contribution in [2.45, 2.75) is 11.8 Å². The van der Waals surface area contributed by atoms with Crippen LogP contribution in [-0.4, -0.2) is 23.9 Å². The molecular weight excluding hydrogens is 580 g/mol. The molecule has 0 aliphatic carbocycles. The zero-order chi connectivity index (χ0) is 27.4. The molecule has 0 N–H and O–H groups in total. The van der Waals surface area contributed by atoms with E-state index in [1.165, 1.54) is 72.8 Å². The zero-order valence-electron chi connectivity index (χ0n) is 23.7. The SMILES string of the molecule is O=C([O-])c1cccc(CC(c2cccc(C(=O)[O-])c2)(c2cccc(C(=O)[O-])c2)c2cccc(C(=O)[O-])c2)c1.[Na+].[Na+].[Na+].[Na+]. The molecule has 0 unspecified atom stereocenters. The van der Waals surface area contributed by atoms with E-state index in [0.29, 0.717) is 22.3 Å². The van der Waals surface area contributed by atoms with Gasteiger partial charge in [-0.1, -0.05) is 72.8 Å². The van der Waals surface area contributed by atoms with E-state index in [2.05, 4.69) is 0 Å². The molecule has 190 valence electrons. The summed E-state index contributed by atoms with van der Waals surface area (Å²) in [6.45, 7) is 0. The molecule has 0 saturated heterocycles. The van der Waals surface area contributed by atoms with Crippen molar-refractivity contribution >= 4 is 23.9 Å². The van der Waals surface area contributed by atoms with E-state index in [1.807, 2.05) is 0 Å². The van der Waals surface area contributed by atoms with Gasteiger partial charge in [-0.15, -0.1) is 0 Å². The topological polar surface area (TPSA) is 161 Å². The van der Waals surface area contributed by atoms with Gasteiger partial charge in [0.05, 0.1) is 23.9 Å². The van der Waals surface area contributed by atoms with Crippen LogP contribution in [0, 0.1) is 0 Å². The van der Waals surface area contributed by atoms with Crippen molar-refractivity contribution in [1.29, 1.82) is 0 Å². The number of hydrogen-bond acceptors (Lipinski definition) is 8. The fourth-order valence-corrected chi connectivity index (χ4v) is 4.66. The Hall–Kier alpha value is -1.24. The van der Waals surface area contributed by atoms with Crippen LogP contribution in [0.4, 0.5) is 0 Å². The smallest absolute Gasteiger partial charge is 0.545 e. The number of carboxylic acids is 4. The van der Waals surface area contributed by atoms with Crippen molar-refractivity contribution in [3.63, 3.8) is 0 Å². The van der Waals surface area contributed by atoms with Crippen molar-refractivity contribution in [2.75, 3.05) is 0 Å². The summed E-state index contributed by atoms with van der Waals surface area (Å²) in [6, 6.07) is 23.3. The molecule has 0 saturated carbocycles. The minimum absolute atomic E-state index is 0. The first-order chi connectivity index (χ1) is 18.1. The summed E-state index contributed by atoms with van der Waals surface area (Å²) >= 11 is 0. The number of carboxylic acid groups (broad SMARTS) is 4. The van der Waals surface area contributed by atoms with Gasteiger partial charge >= 0.3 is 118 Å². The molecule has 0 aliphatic heterocycles. The summed E-state index contributed by atoms with van der Waals surface area (Å²) < 4.78 is 0. The number of benzene rings is 4. The van der Waals surface area contributed by atoms with Crippen molar-refractivity contribution in [3.8, 4) is 0 Å². The Bertz CT molecular complexity index is 1450. The van der Waals surface area contributed by atoms with E-state index in [4.69, 9.17) is 0 Å². The normalized spacial score (nSPS) is 10.0. The second-order valence-corrected chi connectivity index (χ2v) is 8.67. The molecule has 0 amide bonds. The maximum atomic E-state index is 11.8. The molecule has 4 rings (SSSR count). The standard InChI is InChI=1S/C30H22O8.4Na/c31-26(32)19-6-1-5-18(13-19)17-30(23-10-2-7-20(14-23)27(33)34,24-11-3-8-21(15-24)28(35)36)25-12-4-9-22(16-25)29(37)38;;;;/h1-16H,17H2,(H,31,32)(H,33,34)(H,35,36)(H,37,38);;;;/q;4*+1/p-4. The second kappa shape index (κ2) is 17.9. The summed E-state index contributed by atoms with van der Waals surface area (Å²) in [7, 11) is 0. The van der Waals surface area contributed by atoms with E-state index in [9.17, 15) is 39.6 Å². The van der Waals surface area contributed by atoms with Crippen molar-refractivity contribution in [2.24, 2.45) is 0 Å². The molecule has 0 heterocycles. The molecule has 0 radical (unpaired) electrons. The summed E-state index contributed by atoms with van der Waals surface area (Å²) in [5.41, 5.74) is -0.424. The maximum Gasteiger partial charge on any atom is 1.00 e. The maximum absolute atomic E-state index is 11.8. The van der Waals surface area contributed by atoms with E-state index in [1.54, 1.807) is 24.3 Å². The van der Waals surface area contributed by atoms with E-state index >= 15 is 0 Å². The first-order valence-electron chi connectivity index (χ1n) is 11.4. The summed E-state index contributed by atoms with van der Waals surface area (Å²) in [4.78, 5) is 46.8. The van der Waals surface area contributed by atoms with Crippen LogP contribution in [0.25, 0.3) is 0 Å². The van der Waals surface area contributed by atoms with Gasteiger partial charge in [-0.3, -0.25) is 0 Å². The molecule has 0 spiro atoms. The van der Waals surface area contributed by atoms with Crippen molar-refractivity contribution in [1.82, 2.24) is 0 Å². The third kappa shape index (κ3) is 9.14. The van der Waals surface area contributed by atoms with Crippen LogP contribution < -0.4 is 139 Å². The van der Waals surface area contributed by atoms with Gasteiger partial charge in [-0.05, 0) is 75.2 Å². The van der Waals surface area contributed by atoms with Crippen LogP contribution in [0.3, 0.4) is 0 Å². The minimum Gasteiger partial charge on any atom is -0.545 e. The molecule has 0 aliphatic rings. The van der Waals surface area contributed by atoms with Gasteiger partial charge in [0.25, 0.3) is 0 Å². The van der Waals surface area contributed by atoms with Gasteiger partial charge in [0.1, 0.15) is 0 Å². The fourth-order valence-electron chi connectivity index (χ4n) is 4.66. The predicted molar refractivity (Wildman–Crippen MR) is 127 cm³/mol. The van der Waals surface area contributed by atoms with Gasteiger partial charge in [-0.25, -0.2) is 0 Å². The van der Waals surface area contributed by atoms with Gasteiger partial charge in [0.15, 0.2) is 0 Å². The number of hydrogen-bond donors (Lipinski definition) is 0. The zero-order valence-corrected chi connectivity index (χ0v) is 31.7. The molecule has 8 nitrogen and oxygen atoms in total. The van der Waals surface area contributed by atoms with Crippen LogP contribution >= 0.6 is 0 Å². The van der Waals surface area contributed by atoms with E-state index < -0.39 is 29.3 Å². The Labute approximate surface area is 330 Å². The van der Waals surface area contributed by atoms with E-state index in [-0.39, 0.29) is 147 Å². The van der Waals surface area contributed by atoms with Crippen LogP contribution in [0.5, 0.6) is 0 Å². The largest absolute Gasteiger partial charge is 1.00 e. The number of carbonyl (C=O) groups is 4. The Morgan fingerprint density at radius 1 is 0.452 bits per heavy atom. The summed E-state index contributed by atoms with van der Waals surface area (Å²) in [5, 5.41) is 46.8. The molecular formula is C30H18Na4O8. The van der Waals surface area contributed by atoms with Gasteiger partial charge in [0, 0.05) is 5.41 Å². The molecule has 0 bridgehead atoms. The Morgan fingerprint density at radius 3 is 1.05 bits per heavy atom. The first-order valence-corrected chi connectivity index (χ1v) is 11.4. The quantitative estimate of drug-likeness (QED) is 0.136. The average Bonchev–Trinajstić information content (AvgIpc) is 2.92. The third-order valence-corrected chi connectivity index (χ3v) is 6.41. The van der Waals surface area contributed by atoms with Crippen LogP contribution in [0.2, 0.25) is 0 Å². The fraction of sp³-hybridized carbons (Fsp3) is 0.0667. The second-order valence-electron chi connectivity index (χ2n) is 8.67. The van der Waals surface area contributed by atoms with Crippen LogP contribution in [-0.2, 0) is 11.8 Å².